The number of nitrogens with zero attached hydrogens (tertiary/aromatic N) is 3. The highest BCUT2D eigenvalue weighted by atomic mass is 32.1. The number of β-amino-alcohol motifs (C(OH)–C–C–N with tert-alkyl or cyclic N) is 1. The second kappa shape index (κ2) is 6.39. The van der Waals surface area contributed by atoms with E-state index in [0.29, 0.717) is 29.2 Å². The van der Waals surface area contributed by atoms with Crippen molar-refractivity contribution >= 4 is 16.3 Å². The fourth-order valence-corrected chi connectivity index (χ4v) is 4.00. The molecule has 0 saturated heterocycles. The number of rotatable bonds is 3. The Hall–Kier alpha value is -2.38. The predicted octanol–water partition coefficient (Wildman–Crippen LogP) is 2.17. The number of hydrogen-bond acceptors (Lipinski definition) is 6. The summed E-state index contributed by atoms with van der Waals surface area (Å²) < 4.78 is 0. The zero-order valence-corrected chi connectivity index (χ0v) is 13.3. The number of nitriles is 2. The first-order chi connectivity index (χ1) is 11.1. The van der Waals surface area contributed by atoms with Crippen molar-refractivity contribution in [2.24, 2.45) is 0 Å². The number of aliphatic hydroxyl groups is 1. The van der Waals surface area contributed by atoms with Gasteiger partial charge in [0.05, 0.1) is 23.3 Å². The number of benzene rings is 1. The molecule has 0 aliphatic carbocycles. The fourth-order valence-electron chi connectivity index (χ4n) is 2.89. The normalized spacial score (nSPS) is 15.4. The average Bonchev–Trinajstić information content (AvgIpc) is 2.89. The predicted molar refractivity (Wildman–Crippen MR) is 88.5 cm³/mol. The lowest BCUT2D eigenvalue weighted by Gasteiger charge is -2.28. The minimum absolute atomic E-state index is 0.519. The summed E-state index contributed by atoms with van der Waals surface area (Å²) in [5, 5.41) is 29.0. The third kappa shape index (κ3) is 3.06. The van der Waals surface area contributed by atoms with Crippen molar-refractivity contribution in [1.82, 2.24) is 4.90 Å². The first-order valence-electron chi connectivity index (χ1n) is 7.33. The molecule has 1 aromatic carbocycles. The number of hydrogen-bond donors (Lipinski definition) is 2. The van der Waals surface area contributed by atoms with Crippen LogP contribution >= 0.6 is 11.3 Å². The third-order valence-electron chi connectivity index (χ3n) is 4.13. The van der Waals surface area contributed by atoms with Crippen LogP contribution in [0.15, 0.2) is 24.3 Å². The number of nitrogen functional groups attached to an aromatic ring is 1. The molecule has 1 atom stereocenters. The topological polar surface area (TPSA) is 97.1 Å². The molecule has 1 aliphatic heterocycles. The number of thiophene rings is 1. The van der Waals surface area contributed by atoms with Crippen LogP contribution in [0.2, 0.25) is 0 Å². The van der Waals surface area contributed by atoms with Gasteiger partial charge in [0.1, 0.15) is 11.1 Å². The summed E-state index contributed by atoms with van der Waals surface area (Å²) in [6.07, 6.45) is 0.184. The zero-order chi connectivity index (χ0) is 16.4. The van der Waals surface area contributed by atoms with E-state index in [2.05, 4.69) is 17.0 Å². The summed E-state index contributed by atoms with van der Waals surface area (Å²) in [6.45, 7) is 2.02. The number of aliphatic hydroxyl groups excluding tert-OH is 1. The maximum Gasteiger partial charge on any atom is 0.104 e. The molecular weight excluding hydrogens is 308 g/mol. The molecule has 1 aliphatic rings. The monoisotopic (exact) mass is 324 g/mol. The first kappa shape index (κ1) is 15.5. The van der Waals surface area contributed by atoms with Gasteiger partial charge in [-0.25, -0.2) is 0 Å². The van der Waals surface area contributed by atoms with Crippen molar-refractivity contribution in [2.75, 3.05) is 18.8 Å². The summed E-state index contributed by atoms with van der Waals surface area (Å²) in [5.41, 5.74) is 8.98. The van der Waals surface area contributed by atoms with Gasteiger partial charge in [-0.15, -0.1) is 11.3 Å². The fraction of sp³-hybridized carbons (Fsp3) is 0.294. The number of fused-ring (bicyclic) bond motifs is 1. The Labute approximate surface area is 138 Å². The molecule has 0 spiro atoms. The molecule has 0 bridgehead atoms. The van der Waals surface area contributed by atoms with Crippen LogP contribution in [0.1, 0.15) is 33.2 Å². The molecule has 2 heterocycles. The lowest BCUT2D eigenvalue weighted by atomic mass is 10.0. The molecule has 0 radical (unpaired) electrons. The van der Waals surface area contributed by atoms with E-state index in [9.17, 15) is 5.11 Å². The molecule has 1 unspecified atom stereocenters. The van der Waals surface area contributed by atoms with E-state index in [0.717, 1.165) is 29.0 Å². The van der Waals surface area contributed by atoms with Gasteiger partial charge in [0.25, 0.3) is 0 Å². The summed E-state index contributed by atoms with van der Waals surface area (Å²) >= 11 is 1.47. The van der Waals surface area contributed by atoms with Crippen LogP contribution in [0.3, 0.4) is 0 Å². The average molecular weight is 324 g/mol. The van der Waals surface area contributed by atoms with Gasteiger partial charge in [0.15, 0.2) is 0 Å². The van der Waals surface area contributed by atoms with E-state index in [1.54, 1.807) is 24.3 Å². The highest BCUT2D eigenvalue weighted by Crippen LogP contribution is 2.34. The molecule has 116 valence electrons. The third-order valence-corrected chi connectivity index (χ3v) is 5.18. The Balaban J connectivity index is 1.69. The highest BCUT2D eigenvalue weighted by Gasteiger charge is 2.25. The van der Waals surface area contributed by atoms with Gasteiger partial charge in [-0.2, -0.15) is 10.5 Å². The molecule has 1 aromatic heterocycles. The molecule has 5 nitrogen and oxygen atoms in total. The van der Waals surface area contributed by atoms with Crippen LogP contribution in [-0.2, 0) is 13.0 Å². The van der Waals surface area contributed by atoms with Crippen molar-refractivity contribution < 1.29 is 5.11 Å². The van der Waals surface area contributed by atoms with Gasteiger partial charge in [0.2, 0.25) is 0 Å². The first-order valence-corrected chi connectivity index (χ1v) is 8.14. The largest absolute Gasteiger partial charge is 0.389 e. The summed E-state index contributed by atoms with van der Waals surface area (Å²) in [6, 6.07) is 11.3. The lowest BCUT2D eigenvalue weighted by molar-refractivity contribution is 0.107. The van der Waals surface area contributed by atoms with Crippen molar-refractivity contribution in [3.05, 3.63) is 51.4 Å². The minimum atomic E-state index is -0.600. The van der Waals surface area contributed by atoms with Gasteiger partial charge in [-0.1, -0.05) is 12.1 Å². The van der Waals surface area contributed by atoms with E-state index in [1.807, 2.05) is 0 Å². The van der Waals surface area contributed by atoms with Crippen molar-refractivity contribution in [3.8, 4) is 12.1 Å². The van der Waals surface area contributed by atoms with Crippen LogP contribution < -0.4 is 5.73 Å². The molecule has 6 heteroatoms. The van der Waals surface area contributed by atoms with Crippen LogP contribution in [0, 0.1) is 22.7 Å². The van der Waals surface area contributed by atoms with Crippen molar-refractivity contribution in [2.45, 2.75) is 19.1 Å². The number of anilines is 1. The second-order valence-electron chi connectivity index (χ2n) is 5.59. The summed E-state index contributed by atoms with van der Waals surface area (Å²) in [5.74, 6) is 0. The Morgan fingerprint density at radius 1 is 1.26 bits per heavy atom. The standard InChI is InChI=1S/C17H16N4OS/c18-7-11-1-3-12(4-2-11)15(22)9-21-6-5-13-14(8-19)17(20)23-16(13)10-21/h1-4,15,22H,5-6,9-10,20H2. The molecule has 2 aromatic rings. The van der Waals surface area contributed by atoms with Crippen LogP contribution in [-0.4, -0.2) is 23.1 Å². The van der Waals surface area contributed by atoms with E-state index in [4.69, 9.17) is 16.3 Å². The summed E-state index contributed by atoms with van der Waals surface area (Å²) in [4.78, 5) is 3.29. The maximum atomic E-state index is 10.4. The molecular formula is C17H16N4OS. The van der Waals surface area contributed by atoms with E-state index in [-0.39, 0.29) is 0 Å². The molecule has 3 N–H and O–H groups in total. The minimum Gasteiger partial charge on any atom is -0.389 e. The van der Waals surface area contributed by atoms with Crippen LogP contribution in [0.5, 0.6) is 0 Å². The Kier molecular flexibility index (Phi) is 4.31. The summed E-state index contributed by atoms with van der Waals surface area (Å²) in [7, 11) is 0. The second-order valence-corrected chi connectivity index (χ2v) is 6.73. The Morgan fingerprint density at radius 2 is 2.00 bits per heavy atom. The lowest BCUT2D eigenvalue weighted by Crippen LogP contribution is -2.33. The molecule has 3 rings (SSSR count). The van der Waals surface area contributed by atoms with Crippen LogP contribution in [0.4, 0.5) is 5.00 Å². The van der Waals surface area contributed by atoms with Gasteiger partial charge in [-0.3, -0.25) is 4.90 Å². The molecule has 0 fully saturated rings. The molecule has 23 heavy (non-hydrogen) atoms. The highest BCUT2D eigenvalue weighted by molar-refractivity contribution is 7.16. The number of nitrogens with two attached hydrogens (primary N) is 1. The van der Waals surface area contributed by atoms with E-state index >= 15 is 0 Å². The SMILES string of the molecule is N#Cc1ccc(C(O)CN2CCc3c(sc(N)c3C#N)C2)cc1. The van der Waals surface area contributed by atoms with Gasteiger partial charge in [0, 0.05) is 24.5 Å². The van der Waals surface area contributed by atoms with Gasteiger partial charge >= 0.3 is 0 Å². The van der Waals surface area contributed by atoms with Gasteiger partial charge in [-0.05, 0) is 29.7 Å². The van der Waals surface area contributed by atoms with Gasteiger partial charge < -0.3 is 10.8 Å². The smallest absolute Gasteiger partial charge is 0.104 e. The molecule has 0 saturated carbocycles. The van der Waals surface area contributed by atoms with Crippen LogP contribution in [0.25, 0.3) is 0 Å². The maximum absolute atomic E-state index is 10.4. The quantitative estimate of drug-likeness (QED) is 0.902. The van der Waals surface area contributed by atoms with Crippen molar-refractivity contribution in [3.63, 3.8) is 0 Å². The molecule has 0 amide bonds. The van der Waals surface area contributed by atoms with Crippen molar-refractivity contribution in [1.29, 1.82) is 10.5 Å². The zero-order valence-electron chi connectivity index (χ0n) is 12.5. The Bertz CT molecular complexity index is 798. The Morgan fingerprint density at radius 3 is 2.65 bits per heavy atom. The van der Waals surface area contributed by atoms with E-state index < -0.39 is 6.10 Å². The van der Waals surface area contributed by atoms with E-state index in [1.165, 1.54) is 11.3 Å².